The van der Waals surface area contributed by atoms with E-state index < -0.39 is 35.0 Å². The standard InChI is InChI=1S/C36H46BrN5O7/c1-35(2,3)48-33(46)38-21-23-7-11-25(12-8-23)31(44)40-28(19-22-9-15-26(37)16-10-22)32(45)39-27-17-13-24(14-18-27)29-20-30(43)41-42(29)34(47)49-36(4,5)6/h9-10,13-18,20,23,25,28H,7-8,11-12,19,21H2,1-6H3,(H,38,46)(H,39,45)(H,40,44)(H,41,43)/t23?,25?,28-/m0/s1. The number of nitrogens with one attached hydrogen (secondary N) is 4. The Kier molecular flexibility index (Phi) is 12.1. The van der Waals surface area contributed by atoms with Gasteiger partial charge in [-0.05, 0) is 103 Å². The number of ether oxygens (including phenoxy) is 2. The molecule has 0 unspecified atom stereocenters. The quantitative estimate of drug-likeness (QED) is 0.198. The van der Waals surface area contributed by atoms with Gasteiger partial charge < -0.3 is 25.4 Å². The van der Waals surface area contributed by atoms with Crippen LogP contribution in [-0.2, 0) is 25.5 Å². The number of aromatic nitrogens is 2. The van der Waals surface area contributed by atoms with Gasteiger partial charge in [-0.1, -0.05) is 40.2 Å². The first-order chi connectivity index (χ1) is 23.0. The molecule has 4 N–H and O–H groups in total. The third-order valence-corrected chi connectivity index (χ3v) is 8.42. The molecular weight excluding hydrogens is 694 g/mol. The van der Waals surface area contributed by atoms with E-state index in [9.17, 15) is 24.0 Å². The summed E-state index contributed by atoms with van der Waals surface area (Å²) >= 11 is 3.44. The van der Waals surface area contributed by atoms with Crippen molar-refractivity contribution in [2.75, 3.05) is 11.9 Å². The smallest absolute Gasteiger partial charge is 0.434 e. The summed E-state index contributed by atoms with van der Waals surface area (Å²) in [4.78, 5) is 64.0. The Morgan fingerprint density at radius 3 is 2.10 bits per heavy atom. The van der Waals surface area contributed by atoms with Crippen LogP contribution in [0.1, 0.15) is 72.8 Å². The normalized spacial score (nSPS) is 17.0. The van der Waals surface area contributed by atoms with Crippen molar-refractivity contribution >= 4 is 45.6 Å². The molecule has 1 fully saturated rings. The zero-order valence-corrected chi connectivity index (χ0v) is 30.4. The summed E-state index contributed by atoms with van der Waals surface area (Å²) < 4.78 is 12.7. The van der Waals surface area contributed by atoms with Crippen LogP contribution in [0.25, 0.3) is 11.3 Å². The maximum atomic E-state index is 13.6. The van der Waals surface area contributed by atoms with Crippen LogP contribution in [0, 0.1) is 11.8 Å². The summed E-state index contributed by atoms with van der Waals surface area (Å²) in [7, 11) is 0. The van der Waals surface area contributed by atoms with Gasteiger partial charge in [-0.25, -0.2) is 9.59 Å². The second-order valence-electron chi connectivity index (χ2n) is 14.4. The average Bonchev–Trinajstić information content (AvgIpc) is 3.41. The Morgan fingerprint density at radius 2 is 1.51 bits per heavy atom. The number of rotatable bonds is 9. The predicted molar refractivity (Wildman–Crippen MR) is 190 cm³/mol. The fourth-order valence-electron chi connectivity index (χ4n) is 5.53. The van der Waals surface area contributed by atoms with Crippen LogP contribution in [0.15, 0.2) is 63.9 Å². The van der Waals surface area contributed by atoms with Gasteiger partial charge in [-0.15, -0.1) is 0 Å². The van der Waals surface area contributed by atoms with E-state index in [0.717, 1.165) is 27.6 Å². The molecule has 1 atom stereocenters. The monoisotopic (exact) mass is 739 g/mol. The topological polar surface area (TPSA) is 161 Å². The average molecular weight is 741 g/mol. The van der Waals surface area contributed by atoms with Crippen molar-refractivity contribution < 1.29 is 28.7 Å². The molecule has 1 heterocycles. The Labute approximate surface area is 294 Å². The van der Waals surface area contributed by atoms with Crippen molar-refractivity contribution in [3.63, 3.8) is 0 Å². The lowest BCUT2D eigenvalue weighted by Gasteiger charge is -2.29. The molecule has 0 bridgehead atoms. The molecule has 4 rings (SSSR count). The van der Waals surface area contributed by atoms with Gasteiger partial charge in [-0.2, -0.15) is 4.68 Å². The number of halogens is 1. The molecule has 12 nitrogen and oxygen atoms in total. The molecule has 1 aromatic heterocycles. The maximum Gasteiger partial charge on any atom is 0.434 e. The first-order valence-corrected chi connectivity index (χ1v) is 17.2. The van der Waals surface area contributed by atoms with Crippen LogP contribution >= 0.6 is 15.9 Å². The van der Waals surface area contributed by atoms with Gasteiger partial charge in [0, 0.05) is 40.7 Å². The predicted octanol–water partition coefficient (Wildman–Crippen LogP) is 6.39. The van der Waals surface area contributed by atoms with E-state index in [1.165, 1.54) is 6.07 Å². The summed E-state index contributed by atoms with van der Waals surface area (Å²) in [5.74, 6) is -0.571. The molecule has 1 aliphatic rings. The highest BCUT2D eigenvalue weighted by atomic mass is 79.9. The Hall–Kier alpha value is -4.39. The van der Waals surface area contributed by atoms with Gasteiger partial charge in [0.25, 0.3) is 5.56 Å². The number of carbonyl (C=O) groups excluding carboxylic acids is 4. The van der Waals surface area contributed by atoms with E-state index in [0.29, 0.717) is 36.3 Å². The van der Waals surface area contributed by atoms with Gasteiger partial charge in [0.2, 0.25) is 11.8 Å². The number of hydrogen-bond donors (Lipinski definition) is 4. The van der Waals surface area contributed by atoms with E-state index in [-0.39, 0.29) is 30.1 Å². The highest BCUT2D eigenvalue weighted by Gasteiger charge is 2.30. The van der Waals surface area contributed by atoms with Crippen molar-refractivity contribution in [1.29, 1.82) is 0 Å². The van der Waals surface area contributed by atoms with Crippen molar-refractivity contribution in [2.45, 2.75) is 90.9 Å². The zero-order valence-electron chi connectivity index (χ0n) is 28.9. The number of alkyl carbamates (subject to hydrolysis) is 1. The molecule has 1 saturated carbocycles. The minimum atomic E-state index is -0.845. The largest absolute Gasteiger partial charge is 0.444 e. The molecular formula is C36H46BrN5O7. The summed E-state index contributed by atoms with van der Waals surface area (Å²) in [5.41, 5.74) is 0.431. The molecule has 2 aromatic carbocycles. The lowest BCUT2D eigenvalue weighted by molar-refractivity contribution is -0.130. The van der Waals surface area contributed by atoms with Crippen LogP contribution < -0.4 is 21.5 Å². The van der Waals surface area contributed by atoms with Crippen molar-refractivity contribution in [3.05, 3.63) is 75.0 Å². The third-order valence-electron chi connectivity index (χ3n) is 7.89. The minimum absolute atomic E-state index is 0.182. The lowest BCUT2D eigenvalue weighted by atomic mass is 9.81. The summed E-state index contributed by atoms with van der Waals surface area (Å²) in [6.07, 6.45) is 1.94. The minimum Gasteiger partial charge on any atom is -0.444 e. The number of nitrogens with zero attached hydrogens (tertiary/aromatic N) is 1. The van der Waals surface area contributed by atoms with E-state index in [2.05, 4.69) is 37.0 Å². The molecule has 3 amide bonds. The second kappa shape index (κ2) is 15.9. The summed E-state index contributed by atoms with van der Waals surface area (Å²) in [6, 6.07) is 14.7. The van der Waals surface area contributed by atoms with Crippen LogP contribution in [0.2, 0.25) is 0 Å². The van der Waals surface area contributed by atoms with Gasteiger partial charge in [-0.3, -0.25) is 19.5 Å². The van der Waals surface area contributed by atoms with E-state index in [1.807, 2.05) is 45.0 Å². The fraction of sp³-hybridized carbons (Fsp3) is 0.472. The Morgan fingerprint density at radius 1 is 0.898 bits per heavy atom. The fourth-order valence-corrected chi connectivity index (χ4v) is 5.80. The first kappa shape index (κ1) is 37.4. The van der Waals surface area contributed by atoms with Crippen LogP contribution in [0.4, 0.5) is 15.3 Å². The number of amides is 3. The molecule has 49 heavy (non-hydrogen) atoms. The highest BCUT2D eigenvalue weighted by Crippen LogP contribution is 2.29. The Bertz CT molecular complexity index is 1680. The molecule has 3 aromatic rings. The van der Waals surface area contributed by atoms with Crippen molar-refractivity contribution in [1.82, 2.24) is 20.4 Å². The summed E-state index contributed by atoms with van der Waals surface area (Å²) in [5, 5.41) is 11.2. The van der Waals surface area contributed by atoms with Crippen molar-refractivity contribution in [3.8, 4) is 11.3 Å². The number of H-pyrrole nitrogens is 1. The molecule has 0 saturated heterocycles. The van der Waals surface area contributed by atoms with Gasteiger partial charge in [0.05, 0.1) is 5.69 Å². The molecule has 0 radical (unpaired) electrons. The summed E-state index contributed by atoms with van der Waals surface area (Å²) in [6.45, 7) is 11.1. The van der Waals surface area contributed by atoms with E-state index in [1.54, 1.807) is 45.0 Å². The lowest BCUT2D eigenvalue weighted by Crippen LogP contribution is -2.48. The number of hydrogen-bond acceptors (Lipinski definition) is 7. The highest BCUT2D eigenvalue weighted by molar-refractivity contribution is 9.10. The van der Waals surface area contributed by atoms with Gasteiger partial charge >= 0.3 is 12.2 Å². The van der Waals surface area contributed by atoms with Crippen LogP contribution in [0.5, 0.6) is 0 Å². The maximum absolute atomic E-state index is 13.6. The molecule has 13 heteroatoms. The molecule has 0 aliphatic heterocycles. The van der Waals surface area contributed by atoms with Gasteiger partial charge in [0.15, 0.2) is 0 Å². The number of aromatic amines is 1. The number of anilines is 1. The second-order valence-corrected chi connectivity index (χ2v) is 15.3. The number of benzene rings is 2. The van der Waals surface area contributed by atoms with Crippen molar-refractivity contribution in [2.24, 2.45) is 11.8 Å². The Balaban J connectivity index is 1.41. The van der Waals surface area contributed by atoms with Crippen LogP contribution in [0.3, 0.4) is 0 Å². The molecule has 264 valence electrons. The first-order valence-electron chi connectivity index (χ1n) is 16.4. The third kappa shape index (κ3) is 11.6. The zero-order chi connectivity index (χ0) is 35.9. The van der Waals surface area contributed by atoms with E-state index >= 15 is 0 Å². The molecule has 0 spiro atoms. The van der Waals surface area contributed by atoms with Gasteiger partial charge in [0.1, 0.15) is 17.2 Å². The molecule has 1 aliphatic carbocycles. The SMILES string of the molecule is CC(C)(C)OC(=O)NCC1CCC(C(=O)N[C@@H](Cc2ccc(Br)cc2)C(=O)Nc2ccc(-c3cc(=O)[nH]n3C(=O)OC(C)(C)C)cc2)CC1. The van der Waals surface area contributed by atoms with E-state index in [4.69, 9.17) is 9.47 Å². The number of carbonyl (C=O) groups is 4. The van der Waals surface area contributed by atoms with Crippen LogP contribution in [-0.4, -0.2) is 57.6 Å².